The number of aliphatic hydroxyl groups excluding tert-OH is 7. The number of rotatable bonds is 7. The third-order valence-electron chi connectivity index (χ3n) is 5.45. The van der Waals surface area contributed by atoms with Crippen molar-refractivity contribution in [3.63, 3.8) is 0 Å². The van der Waals surface area contributed by atoms with E-state index in [0.29, 0.717) is 5.56 Å². The molecule has 178 valence electrons. The molecular weight excluding hydrogens is 430 g/mol. The molecule has 2 aliphatic heterocycles. The minimum absolute atomic E-state index is 0.464. The van der Waals surface area contributed by atoms with Gasteiger partial charge >= 0.3 is 0 Å². The molecule has 11 atom stereocenters. The van der Waals surface area contributed by atoms with Crippen molar-refractivity contribution in [1.29, 1.82) is 5.26 Å². The monoisotopic (exact) mass is 457 g/mol. The number of nitriles is 1. The molecule has 0 radical (unpaired) electrons. The van der Waals surface area contributed by atoms with Gasteiger partial charge in [0, 0.05) is 0 Å². The fraction of sp³-hybridized carbons (Fsp3) is 0.650. The molecule has 7 N–H and O–H groups in total. The van der Waals surface area contributed by atoms with Crippen molar-refractivity contribution in [2.45, 2.75) is 67.5 Å². The fourth-order valence-electron chi connectivity index (χ4n) is 3.59. The maximum Gasteiger partial charge on any atom is 0.189 e. The van der Waals surface area contributed by atoms with E-state index >= 15 is 0 Å². The highest BCUT2D eigenvalue weighted by Crippen LogP contribution is 2.32. The highest BCUT2D eigenvalue weighted by molar-refractivity contribution is 5.22. The number of ether oxygens (including phenoxy) is 4. The molecule has 11 unspecified atom stereocenters. The minimum atomic E-state index is -1.78. The fourth-order valence-corrected chi connectivity index (χ4v) is 3.59. The molecular formula is C20H27NO11. The van der Waals surface area contributed by atoms with Crippen molar-refractivity contribution >= 4 is 0 Å². The average molecular weight is 457 g/mol. The zero-order chi connectivity index (χ0) is 23.4. The Morgan fingerprint density at radius 2 is 1.38 bits per heavy atom. The number of hydrogen-bond donors (Lipinski definition) is 7. The lowest BCUT2D eigenvalue weighted by atomic mass is 9.97. The smallest absolute Gasteiger partial charge is 0.189 e. The molecule has 2 saturated heterocycles. The third kappa shape index (κ3) is 5.09. The van der Waals surface area contributed by atoms with Crippen LogP contribution in [-0.2, 0) is 18.9 Å². The van der Waals surface area contributed by atoms with Gasteiger partial charge in [0.1, 0.15) is 48.8 Å². The molecule has 3 rings (SSSR count). The van der Waals surface area contributed by atoms with Crippen molar-refractivity contribution in [3.05, 3.63) is 35.9 Å². The summed E-state index contributed by atoms with van der Waals surface area (Å²) < 4.78 is 22.0. The van der Waals surface area contributed by atoms with Crippen molar-refractivity contribution < 1.29 is 54.7 Å². The first kappa shape index (κ1) is 24.9. The topological polar surface area (TPSA) is 202 Å². The van der Waals surface area contributed by atoms with Crippen LogP contribution >= 0.6 is 0 Å². The van der Waals surface area contributed by atoms with Crippen LogP contribution in [0.15, 0.2) is 30.3 Å². The molecule has 2 fully saturated rings. The minimum Gasteiger partial charge on any atom is -0.394 e. The highest BCUT2D eigenvalue weighted by atomic mass is 16.8. The quantitative estimate of drug-likeness (QED) is 0.218. The number of hydrogen-bond acceptors (Lipinski definition) is 12. The summed E-state index contributed by atoms with van der Waals surface area (Å²) in [5.41, 5.74) is 0.464. The molecule has 0 saturated carbocycles. The summed E-state index contributed by atoms with van der Waals surface area (Å²) in [6.45, 7) is -1.37. The zero-order valence-electron chi connectivity index (χ0n) is 16.9. The van der Waals surface area contributed by atoms with Crippen molar-refractivity contribution in [3.8, 4) is 6.07 Å². The number of aliphatic hydroxyl groups is 7. The van der Waals surface area contributed by atoms with Crippen LogP contribution in [0.2, 0.25) is 0 Å². The van der Waals surface area contributed by atoms with Crippen LogP contribution in [-0.4, -0.2) is 110 Å². The summed E-state index contributed by atoms with van der Waals surface area (Å²) in [5, 5.41) is 79.3. The first-order chi connectivity index (χ1) is 15.3. The van der Waals surface area contributed by atoms with E-state index in [1.165, 1.54) is 0 Å². The van der Waals surface area contributed by atoms with Crippen molar-refractivity contribution in [2.24, 2.45) is 0 Å². The maximum absolute atomic E-state index is 10.6. The Labute approximate surface area is 183 Å². The van der Waals surface area contributed by atoms with Gasteiger partial charge in [-0.05, 0) is 5.56 Å². The molecule has 1 aromatic carbocycles. The van der Waals surface area contributed by atoms with Crippen LogP contribution in [0.3, 0.4) is 0 Å². The lowest BCUT2D eigenvalue weighted by Crippen LogP contribution is -2.64. The van der Waals surface area contributed by atoms with Crippen molar-refractivity contribution in [1.82, 2.24) is 0 Å². The van der Waals surface area contributed by atoms with Crippen LogP contribution < -0.4 is 0 Å². The van der Waals surface area contributed by atoms with E-state index in [2.05, 4.69) is 0 Å². The Morgan fingerprint density at radius 3 is 1.94 bits per heavy atom. The van der Waals surface area contributed by atoms with Gasteiger partial charge in [-0.1, -0.05) is 30.3 Å². The molecule has 12 nitrogen and oxygen atoms in total. The van der Waals surface area contributed by atoms with Crippen LogP contribution in [0.4, 0.5) is 0 Å². The molecule has 2 aliphatic rings. The van der Waals surface area contributed by atoms with Crippen molar-refractivity contribution in [2.75, 3.05) is 13.2 Å². The zero-order valence-corrected chi connectivity index (χ0v) is 16.9. The number of benzene rings is 1. The van der Waals surface area contributed by atoms with Crippen LogP contribution in [0.5, 0.6) is 0 Å². The Bertz CT molecular complexity index is 760. The summed E-state index contributed by atoms with van der Waals surface area (Å²) in [4.78, 5) is 0. The number of nitrogens with zero attached hydrogens (tertiary/aromatic N) is 1. The lowest BCUT2D eigenvalue weighted by molar-refractivity contribution is -0.370. The van der Waals surface area contributed by atoms with Crippen LogP contribution in [0.25, 0.3) is 0 Å². The second-order valence-corrected chi connectivity index (χ2v) is 7.56. The first-order valence-electron chi connectivity index (χ1n) is 10.0. The predicted molar refractivity (Wildman–Crippen MR) is 102 cm³/mol. The summed E-state index contributed by atoms with van der Waals surface area (Å²) in [7, 11) is 0. The van der Waals surface area contributed by atoms with Gasteiger partial charge in [0.05, 0.1) is 19.3 Å². The molecule has 1 aromatic rings. The highest BCUT2D eigenvalue weighted by Gasteiger charge is 2.51. The van der Waals surface area contributed by atoms with Gasteiger partial charge in [-0.2, -0.15) is 5.26 Å². The second-order valence-electron chi connectivity index (χ2n) is 7.56. The SMILES string of the molecule is N#CC(OC1OC(CO)C(O)C(O)C1OC1OC(CO)C(O)C(O)C1O)c1ccccc1. The average Bonchev–Trinajstić information content (AvgIpc) is 2.82. The summed E-state index contributed by atoms with van der Waals surface area (Å²) in [5.74, 6) is 0. The molecule has 32 heavy (non-hydrogen) atoms. The van der Waals surface area contributed by atoms with E-state index in [-0.39, 0.29) is 0 Å². The van der Waals surface area contributed by atoms with E-state index < -0.39 is 80.7 Å². The summed E-state index contributed by atoms with van der Waals surface area (Å²) >= 11 is 0. The first-order valence-corrected chi connectivity index (χ1v) is 10.0. The van der Waals surface area contributed by atoms with Gasteiger partial charge in [-0.25, -0.2) is 0 Å². The Kier molecular flexibility index (Phi) is 8.50. The molecule has 0 spiro atoms. The lowest BCUT2D eigenvalue weighted by Gasteiger charge is -2.46. The van der Waals surface area contributed by atoms with Gasteiger partial charge in [0.25, 0.3) is 0 Å². The van der Waals surface area contributed by atoms with Gasteiger partial charge in [-0.3, -0.25) is 0 Å². The van der Waals surface area contributed by atoms with Gasteiger partial charge < -0.3 is 54.7 Å². The normalized spacial score (nSPS) is 41.1. The van der Waals surface area contributed by atoms with Gasteiger partial charge in [0.15, 0.2) is 18.7 Å². The van der Waals surface area contributed by atoms with E-state index in [1.807, 2.05) is 6.07 Å². The Balaban J connectivity index is 1.83. The molecule has 0 bridgehead atoms. The maximum atomic E-state index is 10.6. The Morgan fingerprint density at radius 1 is 0.812 bits per heavy atom. The molecule has 2 heterocycles. The summed E-state index contributed by atoms with van der Waals surface area (Å²) in [6.07, 6.45) is -16.9. The van der Waals surface area contributed by atoms with E-state index in [1.54, 1.807) is 30.3 Å². The molecule has 0 aromatic heterocycles. The van der Waals surface area contributed by atoms with Gasteiger partial charge in [0.2, 0.25) is 0 Å². The summed E-state index contributed by atoms with van der Waals surface area (Å²) in [6, 6.07) is 10.3. The van der Waals surface area contributed by atoms with Crippen LogP contribution in [0.1, 0.15) is 11.7 Å². The van der Waals surface area contributed by atoms with E-state index in [4.69, 9.17) is 18.9 Å². The third-order valence-corrected chi connectivity index (χ3v) is 5.45. The second kappa shape index (κ2) is 10.9. The van der Waals surface area contributed by atoms with E-state index in [9.17, 15) is 41.0 Å². The standard InChI is InChI=1S/C20H27NO11/c21-6-10(9-4-2-1-3-5-9)29-20-18(16(27)14(25)12(8-23)31-20)32-19-17(28)15(26)13(24)11(7-22)30-19/h1-5,10-20,22-28H,7-8H2. The predicted octanol–water partition coefficient (Wildman–Crippen LogP) is -3.11. The molecule has 0 aliphatic carbocycles. The molecule has 12 heteroatoms. The van der Waals surface area contributed by atoms with Gasteiger partial charge in [-0.15, -0.1) is 0 Å². The largest absolute Gasteiger partial charge is 0.394 e. The molecule has 0 amide bonds. The van der Waals surface area contributed by atoms with E-state index in [0.717, 1.165) is 0 Å². The van der Waals surface area contributed by atoms with Crippen LogP contribution in [0, 0.1) is 11.3 Å². The Hall–Kier alpha value is -1.73.